The smallest absolute Gasteiger partial charge is 0.306 e. The summed E-state index contributed by atoms with van der Waals surface area (Å²) in [6, 6.07) is 0. The van der Waals surface area contributed by atoms with Crippen molar-refractivity contribution in [3.05, 3.63) is 0 Å². The maximum Gasteiger partial charge on any atom is 0.306 e. The van der Waals surface area contributed by atoms with E-state index in [4.69, 9.17) is 14.2 Å². The van der Waals surface area contributed by atoms with Crippen LogP contribution in [0, 0.1) is 40.4 Å². The zero-order valence-electron chi connectivity index (χ0n) is 18.7. The van der Waals surface area contributed by atoms with E-state index in [1.165, 1.54) is 6.92 Å². The number of rotatable bonds is 2. The molecule has 1 N–H and O–H groups in total. The maximum atomic E-state index is 13.6. The average Bonchev–Trinajstić information content (AvgIpc) is 2.64. The fraction of sp³-hybridized carbons (Fsp3) is 0.870. The van der Waals surface area contributed by atoms with Gasteiger partial charge in [0.05, 0.1) is 6.10 Å². The molecule has 1 saturated heterocycles. The number of Topliss-reactive ketones (excluding diaryl/α,β-unsaturated/α-hetero) is 1. The number of ketones is 1. The van der Waals surface area contributed by atoms with E-state index in [1.807, 2.05) is 20.8 Å². The highest BCUT2D eigenvalue weighted by Gasteiger charge is 2.74. The van der Waals surface area contributed by atoms with Crippen LogP contribution in [-0.2, 0) is 28.6 Å². The molecule has 1 aliphatic heterocycles. The molecule has 0 spiro atoms. The van der Waals surface area contributed by atoms with Crippen molar-refractivity contribution < 1.29 is 33.7 Å². The van der Waals surface area contributed by atoms with Crippen LogP contribution in [0.1, 0.15) is 53.9 Å². The van der Waals surface area contributed by atoms with E-state index in [-0.39, 0.29) is 47.9 Å². The largest absolute Gasteiger partial charge is 0.462 e. The van der Waals surface area contributed by atoms with Crippen LogP contribution in [0.4, 0.5) is 0 Å². The molecule has 0 aromatic heterocycles. The van der Waals surface area contributed by atoms with Gasteiger partial charge < -0.3 is 19.3 Å². The number of hydrogen-bond donors (Lipinski definition) is 1. The SMILES string of the molecule is CO[C@@H]1C(OC(C)=O)C2[C@@]3(C)C(=O)C(O)CC(C)C3C[C@H]3OC(=O)C[C@@H](C1C)[C@@]23C. The summed E-state index contributed by atoms with van der Waals surface area (Å²) in [7, 11) is 1.59. The Balaban J connectivity index is 1.95. The van der Waals surface area contributed by atoms with Crippen molar-refractivity contribution in [1.82, 2.24) is 0 Å². The lowest BCUT2D eigenvalue weighted by atomic mass is 9.37. The minimum absolute atomic E-state index is 0.0582. The van der Waals surface area contributed by atoms with E-state index >= 15 is 0 Å². The van der Waals surface area contributed by atoms with E-state index in [2.05, 4.69) is 6.92 Å². The summed E-state index contributed by atoms with van der Waals surface area (Å²) in [5.74, 6) is -1.37. The maximum absolute atomic E-state index is 13.6. The van der Waals surface area contributed by atoms with Crippen molar-refractivity contribution in [1.29, 1.82) is 0 Å². The van der Waals surface area contributed by atoms with Crippen LogP contribution in [0.2, 0.25) is 0 Å². The summed E-state index contributed by atoms with van der Waals surface area (Å²) in [4.78, 5) is 38.3. The van der Waals surface area contributed by atoms with Crippen LogP contribution >= 0.6 is 0 Å². The minimum atomic E-state index is -1.04. The molecule has 0 amide bonds. The molecule has 4 aliphatic rings. The van der Waals surface area contributed by atoms with Crippen LogP contribution in [0.25, 0.3) is 0 Å². The van der Waals surface area contributed by atoms with Gasteiger partial charge in [-0.15, -0.1) is 0 Å². The van der Waals surface area contributed by atoms with E-state index in [0.29, 0.717) is 12.8 Å². The zero-order valence-corrected chi connectivity index (χ0v) is 18.7. The molecule has 3 saturated carbocycles. The molecular formula is C23H34O7. The predicted molar refractivity (Wildman–Crippen MR) is 106 cm³/mol. The monoisotopic (exact) mass is 422 g/mol. The van der Waals surface area contributed by atoms with E-state index < -0.39 is 41.0 Å². The molecule has 6 unspecified atom stereocenters. The summed E-state index contributed by atoms with van der Waals surface area (Å²) >= 11 is 0. The number of hydrogen-bond acceptors (Lipinski definition) is 7. The van der Waals surface area contributed by atoms with Crippen LogP contribution in [-0.4, -0.2) is 54.4 Å². The second kappa shape index (κ2) is 7.02. The Morgan fingerprint density at radius 3 is 2.40 bits per heavy atom. The highest BCUT2D eigenvalue weighted by atomic mass is 16.6. The van der Waals surface area contributed by atoms with Gasteiger partial charge in [-0.25, -0.2) is 0 Å². The van der Waals surface area contributed by atoms with Crippen LogP contribution in [0.3, 0.4) is 0 Å². The molecule has 11 atom stereocenters. The molecule has 0 bridgehead atoms. The normalized spacial score (nSPS) is 52.7. The molecule has 7 heteroatoms. The Morgan fingerprint density at radius 1 is 1.13 bits per heavy atom. The van der Waals surface area contributed by atoms with Crippen molar-refractivity contribution in [2.75, 3.05) is 7.11 Å². The highest BCUT2D eigenvalue weighted by molar-refractivity contribution is 5.90. The summed E-state index contributed by atoms with van der Waals surface area (Å²) in [5, 5.41) is 10.6. The van der Waals surface area contributed by atoms with Crippen molar-refractivity contribution >= 4 is 17.7 Å². The molecule has 7 nitrogen and oxygen atoms in total. The van der Waals surface area contributed by atoms with Gasteiger partial charge in [0.15, 0.2) is 5.78 Å². The van der Waals surface area contributed by atoms with Gasteiger partial charge >= 0.3 is 11.9 Å². The van der Waals surface area contributed by atoms with Crippen molar-refractivity contribution in [2.24, 2.45) is 40.4 Å². The number of esters is 2. The molecule has 0 radical (unpaired) electrons. The average molecular weight is 423 g/mol. The molecule has 0 aromatic carbocycles. The zero-order chi connectivity index (χ0) is 22.2. The van der Waals surface area contributed by atoms with Gasteiger partial charge in [0.25, 0.3) is 0 Å². The first-order chi connectivity index (χ1) is 14.0. The molecule has 30 heavy (non-hydrogen) atoms. The molecule has 0 aromatic rings. The van der Waals surface area contributed by atoms with E-state index in [9.17, 15) is 19.5 Å². The molecule has 4 fully saturated rings. The minimum Gasteiger partial charge on any atom is -0.462 e. The summed E-state index contributed by atoms with van der Waals surface area (Å²) in [6.07, 6.45) is -1.25. The Morgan fingerprint density at radius 2 is 1.80 bits per heavy atom. The first kappa shape index (κ1) is 21.8. The third-order valence-electron chi connectivity index (χ3n) is 9.20. The molecular weight excluding hydrogens is 388 g/mol. The first-order valence-corrected chi connectivity index (χ1v) is 11.1. The molecule has 4 rings (SSSR count). The van der Waals surface area contributed by atoms with Crippen molar-refractivity contribution in [2.45, 2.75) is 78.3 Å². The van der Waals surface area contributed by atoms with E-state index in [0.717, 1.165) is 0 Å². The Bertz CT molecular complexity index is 765. The molecule has 3 aliphatic carbocycles. The highest BCUT2D eigenvalue weighted by Crippen LogP contribution is 2.68. The Hall–Kier alpha value is -1.47. The predicted octanol–water partition coefficient (Wildman–Crippen LogP) is 2.13. The third-order valence-corrected chi connectivity index (χ3v) is 9.20. The summed E-state index contributed by atoms with van der Waals surface area (Å²) in [5.41, 5.74) is -1.46. The summed E-state index contributed by atoms with van der Waals surface area (Å²) < 4.78 is 17.6. The topological polar surface area (TPSA) is 99.1 Å². The lowest BCUT2D eigenvalue weighted by Crippen LogP contribution is -2.75. The molecule has 168 valence electrons. The van der Waals surface area contributed by atoms with E-state index in [1.54, 1.807) is 7.11 Å². The fourth-order valence-corrected chi connectivity index (χ4v) is 8.04. The standard InChI is InChI=1S/C23H34O7/c1-10-7-15(25)21(27)23(5)13(10)8-16-22(4)14(9-17(26)30-16)11(2)18(28-6)19(20(22)23)29-12(3)24/h10-11,13-16,18-20,25H,7-9H2,1-6H3/t10?,11?,13?,14-,15?,16+,18-,19?,20?,22+,23-/m0/s1. The van der Waals surface area contributed by atoms with Gasteiger partial charge in [0.2, 0.25) is 0 Å². The number of fused-ring (bicyclic) bond motifs is 2. The van der Waals surface area contributed by atoms with Crippen molar-refractivity contribution in [3.63, 3.8) is 0 Å². The summed E-state index contributed by atoms with van der Waals surface area (Å²) in [6.45, 7) is 9.45. The van der Waals surface area contributed by atoms with Gasteiger partial charge in [-0.1, -0.05) is 27.7 Å². The Labute approximate surface area is 177 Å². The van der Waals surface area contributed by atoms with Crippen LogP contribution in [0.5, 0.6) is 0 Å². The lowest BCUT2D eigenvalue weighted by molar-refractivity contribution is -0.288. The van der Waals surface area contributed by atoms with Gasteiger partial charge in [-0.3, -0.25) is 14.4 Å². The lowest BCUT2D eigenvalue weighted by Gasteiger charge is -2.69. The first-order valence-electron chi connectivity index (χ1n) is 11.1. The van der Waals surface area contributed by atoms with Crippen LogP contribution in [0.15, 0.2) is 0 Å². The second-order valence-corrected chi connectivity index (χ2v) is 10.5. The fourth-order valence-electron chi connectivity index (χ4n) is 8.04. The van der Waals surface area contributed by atoms with Gasteiger partial charge in [-0.2, -0.15) is 0 Å². The number of methoxy groups -OCH3 is 1. The quantitative estimate of drug-likeness (QED) is 0.681. The number of carbonyl (C=O) groups excluding carboxylic acids is 3. The third kappa shape index (κ3) is 2.67. The second-order valence-electron chi connectivity index (χ2n) is 10.5. The number of ether oxygens (including phenoxy) is 3. The number of aliphatic hydroxyl groups is 1. The number of aliphatic hydroxyl groups excluding tert-OH is 1. The van der Waals surface area contributed by atoms with Gasteiger partial charge in [-0.05, 0) is 36.5 Å². The van der Waals surface area contributed by atoms with Gasteiger partial charge in [0.1, 0.15) is 18.3 Å². The van der Waals surface area contributed by atoms with Crippen molar-refractivity contribution in [3.8, 4) is 0 Å². The van der Waals surface area contributed by atoms with Crippen LogP contribution < -0.4 is 0 Å². The number of carbonyl (C=O) groups is 3. The Kier molecular flexibility index (Phi) is 5.09. The molecule has 1 heterocycles. The van der Waals surface area contributed by atoms with Gasteiger partial charge in [0, 0.05) is 37.2 Å².